The molecule has 0 bridgehead atoms. The Hall–Kier alpha value is -4.12. The summed E-state index contributed by atoms with van der Waals surface area (Å²) >= 11 is 0. The molecule has 1 unspecified atom stereocenters. The highest BCUT2D eigenvalue weighted by Crippen LogP contribution is 2.21. The van der Waals surface area contributed by atoms with Gasteiger partial charge >= 0.3 is 0 Å². The number of aromatic nitrogens is 4. The van der Waals surface area contributed by atoms with E-state index in [1.807, 2.05) is 38.2 Å². The number of nitrogens with zero attached hydrogens (tertiary/aromatic N) is 4. The monoisotopic (exact) mass is 400 g/mol. The van der Waals surface area contributed by atoms with Gasteiger partial charge in [-0.25, -0.2) is 0 Å². The molecule has 0 saturated carbocycles. The third-order valence-electron chi connectivity index (χ3n) is 4.72. The second-order valence-corrected chi connectivity index (χ2v) is 7.08. The highest BCUT2D eigenvalue weighted by atomic mass is 16.3. The number of carbonyl (C=O) groups is 1. The first-order valence-corrected chi connectivity index (χ1v) is 9.48. The maximum absolute atomic E-state index is 12.5. The van der Waals surface area contributed by atoms with E-state index in [1.165, 1.54) is 0 Å². The van der Waals surface area contributed by atoms with Gasteiger partial charge in [-0.2, -0.15) is 15.5 Å². The lowest BCUT2D eigenvalue weighted by Crippen LogP contribution is -2.36. The van der Waals surface area contributed by atoms with Gasteiger partial charge in [0.25, 0.3) is 5.91 Å². The zero-order valence-corrected chi connectivity index (χ0v) is 16.6. The smallest absolute Gasteiger partial charge is 0.272 e. The van der Waals surface area contributed by atoms with Crippen LogP contribution in [-0.4, -0.2) is 31.9 Å². The van der Waals surface area contributed by atoms with E-state index >= 15 is 0 Å². The zero-order chi connectivity index (χ0) is 21.1. The number of furan rings is 1. The van der Waals surface area contributed by atoms with E-state index in [9.17, 15) is 4.79 Å². The summed E-state index contributed by atoms with van der Waals surface area (Å²) in [6.07, 6.45) is 3.44. The van der Waals surface area contributed by atoms with Crippen LogP contribution in [-0.2, 0) is 6.54 Å². The Morgan fingerprint density at radius 1 is 1.33 bits per heavy atom. The van der Waals surface area contributed by atoms with Crippen molar-refractivity contribution in [1.82, 2.24) is 25.3 Å². The average molecular weight is 400 g/mol. The number of hydrogen-bond donors (Lipinski definition) is 2. The number of amides is 1. The number of hydrogen-bond acceptors (Lipinski definition) is 5. The number of nitrogens with one attached hydrogen (secondary N) is 2. The minimum atomic E-state index is -0.272. The van der Waals surface area contributed by atoms with Crippen LogP contribution in [0.5, 0.6) is 0 Å². The quantitative estimate of drug-likeness (QED) is 0.514. The van der Waals surface area contributed by atoms with E-state index in [4.69, 9.17) is 9.68 Å². The lowest BCUT2D eigenvalue weighted by molar-refractivity contribution is 0.0931. The molecular weight excluding hydrogens is 380 g/mol. The molecule has 0 aliphatic rings. The third-order valence-corrected chi connectivity index (χ3v) is 4.72. The van der Waals surface area contributed by atoms with Crippen molar-refractivity contribution >= 4 is 5.91 Å². The van der Waals surface area contributed by atoms with Crippen LogP contribution < -0.4 is 5.32 Å². The number of H-pyrrole nitrogens is 1. The molecule has 1 amide bonds. The standard InChI is InChI=1S/C22H20N6O2/c1-14-10-16(5-6-17(14)12-23)18-7-8-28(27-18)13-15(2)24-22(29)20-11-19(25-26-20)21-4-3-9-30-21/h3-11,15H,13H2,1-2H3,(H,24,29)(H,25,26). The van der Waals surface area contributed by atoms with Crippen molar-refractivity contribution in [2.45, 2.75) is 26.4 Å². The van der Waals surface area contributed by atoms with Crippen molar-refractivity contribution in [3.05, 3.63) is 71.7 Å². The van der Waals surface area contributed by atoms with Crippen LogP contribution in [0, 0.1) is 18.3 Å². The summed E-state index contributed by atoms with van der Waals surface area (Å²) < 4.78 is 7.09. The molecule has 3 heterocycles. The topological polar surface area (TPSA) is 113 Å². The lowest BCUT2D eigenvalue weighted by Gasteiger charge is -2.13. The van der Waals surface area contributed by atoms with E-state index < -0.39 is 0 Å². The molecule has 4 rings (SSSR count). The maximum Gasteiger partial charge on any atom is 0.272 e. The predicted molar refractivity (Wildman–Crippen MR) is 110 cm³/mol. The second-order valence-electron chi connectivity index (χ2n) is 7.08. The molecule has 3 aromatic heterocycles. The van der Waals surface area contributed by atoms with E-state index in [1.54, 1.807) is 35.2 Å². The van der Waals surface area contributed by atoms with Gasteiger partial charge in [0.2, 0.25) is 0 Å². The highest BCUT2D eigenvalue weighted by molar-refractivity contribution is 5.93. The molecule has 1 aromatic carbocycles. The summed E-state index contributed by atoms with van der Waals surface area (Å²) in [5.41, 5.74) is 4.27. The van der Waals surface area contributed by atoms with Gasteiger partial charge in [0.05, 0.1) is 30.1 Å². The summed E-state index contributed by atoms with van der Waals surface area (Å²) in [4.78, 5) is 12.5. The number of nitriles is 1. The van der Waals surface area contributed by atoms with Gasteiger partial charge in [-0.05, 0) is 49.7 Å². The van der Waals surface area contributed by atoms with Crippen molar-refractivity contribution in [1.29, 1.82) is 5.26 Å². The van der Waals surface area contributed by atoms with Crippen molar-refractivity contribution < 1.29 is 9.21 Å². The molecule has 0 spiro atoms. The van der Waals surface area contributed by atoms with E-state index in [0.29, 0.717) is 29.3 Å². The minimum absolute atomic E-state index is 0.156. The maximum atomic E-state index is 12.5. The summed E-state index contributed by atoms with van der Waals surface area (Å²) in [5.74, 6) is 0.350. The molecule has 30 heavy (non-hydrogen) atoms. The second kappa shape index (κ2) is 8.09. The molecule has 8 heteroatoms. The number of aryl methyl sites for hydroxylation is 1. The molecule has 0 fully saturated rings. The molecule has 0 radical (unpaired) electrons. The fourth-order valence-corrected chi connectivity index (χ4v) is 3.19. The highest BCUT2D eigenvalue weighted by Gasteiger charge is 2.16. The van der Waals surface area contributed by atoms with Crippen LogP contribution >= 0.6 is 0 Å². The fourth-order valence-electron chi connectivity index (χ4n) is 3.19. The lowest BCUT2D eigenvalue weighted by atomic mass is 10.0. The summed E-state index contributed by atoms with van der Waals surface area (Å²) in [6, 6.07) is 14.8. The van der Waals surface area contributed by atoms with Gasteiger partial charge < -0.3 is 9.73 Å². The molecule has 0 aliphatic heterocycles. The van der Waals surface area contributed by atoms with Crippen molar-refractivity contribution in [2.24, 2.45) is 0 Å². The number of rotatable bonds is 6. The molecule has 1 atom stereocenters. The molecule has 150 valence electrons. The largest absolute Gasteiger partial charge is 0.463 e. The first-order chi connectivity index (χ1) is 14.5. The normalized spacial score (nSPS) is 11.8. The Morgan fingerprint density at radius 2 is 2.20 bits per heavy atom. The number of aromatic amines is 1. The van der Waals surface area contributed by atoms with Gasteiger partial charge in [0.1, 0.15) is 5.69 Å². The van der Waals surface area contributed by atoms with E-state index in [0.717, 1.165) is 16.8 Å². The van der Waals surface area contributed by atoms with Gasteiger partial charge in [-0.1, -0.05) is 6.07 Å². The summed E-state index contributed by atoms with van der Waals surface area (Å²) in [6.45, 7) is 4.32. The van der Waals surface area contributed by atoms with Crippen LogP contribution in [0.4, 0.5) is 0 Å². The molecular formula is C22H20N6O2. The molecule has 2 N–H and O–H groups in total. The van der Waals surface area contributed by atoms with E-state index in [2.05, 4.69) is 26.7 Å². The third kappa shape index (κ3) is 4.00. The summed E-state index contributed by atoms with van der Waals surface area (Å²) in [7, 11) is 0. The molecule has 8 nitrogen and oxygen atoms in total. The van der Waals surface area contributed by atoms with Crippen molar-refractivity contribution in [3.63, 3.8) is 0 Å². The zero-order valence-electron chi connectivity index (χ0n) is 16.6. The Morgan fingerprint density at radius 3 is 2.93 bits per heavy atom. The molecule has 4 aromatic rings. The number of carbonyl (C=O) groups excluding carboxylic acids is 1. The average Bonchev–Trinajstić information content (AvgIpc) is 3.48. The van der Waals surface area contributed by atoms with Crippen LogP contribution in [0.3, 0.4) is 0 Å². The van der Waals surface area contributed by atoms with Crippen molar-refractivity contribution in [2.75, 3.05) is 0 Å². The van der Waals surface area contributed by atoms with Gasteiger partial charge in [-0.3, -0.25) is 14.6 Å². The first kappa shape index (κ1) is 19.2. The molecule has 0 aliphatic carbocycles. The van der Waals surface area contributed by atoms with Gasteiger partial charge in [-0.15, -0.1) is 0 Å². The summed E-state index contributed by atoms with van der Waals surface area (Å²) in [5, 5.41) is 23.4. The Balaban J connectivity index is 1.39. The number of benzene rings is 1. The van der Waals surface area contributed by atoms with E-state index in [-0.39, 0.29) is 11.9 Å². The Kier molecular flexibility index (Phi) is 5.18. The van der Waals surface area contributed by atoms with Crippen molar-refractivity contribution in [3.8, 4) is 28.8 Å². The SMILES string of the molecule is Cc1cc(-c2ccn(CC(C)NC(=O)c3cc(-c4ccco4)[nH]n3)n2)ccc1C#N. The van der Waals surface area contributed by atoms with Crippen LogP contribution in [0.25, 0.3) is 22.7 Å². The molecule has 0 saturated heterocycles. The van der Waals surface area contributed by atoms with Gasteiger partial charge in [0.15, 0.2) is 11.5 Å². The Bertz CT molecular complexity index is 1210. The predicted octanol–water partition coefficient (Wildman–Crippen LogP) is 3.53. The van der Waals surface area contributed by atoms with Gasteiger partial charge in [0, 0.05) is 23.9 Å². The van der Waals surface area contributed by atoms with Crippen LogP contribution in [0.2, 0.25) is 0 Å². The van der Waals surface area contributed by atoms with Crippen LogP contribution in [0.15, 0.2) is 59.3 Å². The first-order valence-electron chi connectivity index (χ1n) is 9.48. The van der Waals surface area contributed by atoms with Crippen LogP contribution in [0.1, 0.15) is 28.5 Å². The minimum Gasteiger partial charge on any atom is -0.463 e. The Labute approximate surface area is 173 Å². The fraction of sp³-hybridized carbons (Fsp3) is 0.182.